The van der Waals surface area contributed by atoms with Crippen LogP contribution in [0.2, 0.25) is 0 Å². The first-order valence-corrected chi connectivity index (χ1v) is 9.64. The third-order valence-corrected chi connectivity index (χ3v) is 6.03. The van der Waals surface area contributed by atoms with Crippen LogP contribution in [0.15, 0.2) is 12.4 Å². The van der Waals surface area contributed by atoms with Crippen molar-refractivity contribution in [2.45, 2.75) is 26.7 Å². The Hall–Kier alpha value is -2.71. The molecule has 2 saturated heterocycles. The van der Waals surface area contributed by atoms with Gasteiger partial charge >= 0.3 is 0 Å². The summed E-state index contributed by atoms with van der Waals surface area (Å²) < 4.78 is 3.55. The summed E-state index contributed by atoms with van der Waals surface area (Å²) in [5, 5.41) is 12.6. The Morgan fingerprint density at radius 1 is 1.18 bits per heavy atom. The average Bonchev–Trinajstić information content (AvgIpc) is 3.28. The van der Waals surface area contributed by atoms with E-state index >= 15 is 0 Å². The Labute approximate surface area is 164 Å². The number of aryl methyl sites for hydroxylation is 3. The molecule has 2 fully saturated rings. The Morgan fingerprint density at radius 3 is 2.39 bits per heavy atom. The molecule has 0 saturated carbocycles. The first-order valence-electron chi connectivity index (χ1n) is 9.64. The minimum absolute atomic E-state index is 0.0147. The number of hydrogen-bond acceptors (Lipinski definition) is 5. The first-order chi connectivity index (χ1) is 13.2. The summed E-state index contributed by atoms with van der Waals surface area (Å²) in [4.78, 5) is 29.4. The van der Waals surface area contributed by atoms with Crippen LogP contribution in [0.4, 0.5) is 0 Å². The number of hydrogen-bond donors (Lipinski definition) is 0. The van der Waals surface area contributed by atoms with Crippen LogP contribution in [0.3, 0.4) is 0 Å². The second kappa shape index (κ2) is 6.42. The highest BCUT2D eigenvalue weighted by Gasteiger charge is 2.58. The lowest BCUT2D eigenvalue weighted by Crippen LogP contribution is -2.62. The van der Waals surface area contributed by atoms with Crippen LogP contribution >= 0.6 is 0 Å². The highest BCUT2D eigenvalue weighted by Crippen LogP contribution is 2.49. The molecule has 2 aromatic rings. The summed E-state index contributed by atoms with van der Waals surface area (Å²) in [5.41, 5.74) is 1.25. The predicted molar refractivity (Wildman–Crippen MR) is 101 cm³/mol. The van der Waals surface area contributed by atoms with Gasteiger partial charge < -0.3 is 14.4 Å². The van der Waals surface area contributed by atoms with E-state index in [-0.39, 0.29) is 29.1 Å². The van der Waals surface area contributed by atoms with Crippen molar-refractivity contribution >= 4 is 11.8 Å². The maximum atomic E-state index is 12.9. The SMILES string of the molecule is Cc1cc(C(=O)N2CC3(C2)CN(C(=O)C(C)C)CC3c2nncn2C)n(C)n1. The monoisotopic (exact) mass is 385 g/mol. The van der Waals surface area contributed by atoms with Crippen LogP contribution in [0.25, 0.3) is 0 Å². The van der Waals surface area contributed by atoms with E-state index in [2.05, 4.69) is 15.3 Å². The zero-order valence-corrected chi connectivity index (χ0v) is 17.1. The van der Waals surface area contributed by atoms with Gasteiger partial charge in [-0.1, -0.05) is 13.8 Å². The van der Waals surface area contributed by atoms with Crippen molar-refractivity contribution in [1.29, 1.82) is 0 Å². The molecule has 1 atom stereocenters. The quantitative estimate of drug-likeness (QED) is 0.771. The molecule has 4 rings (SSSR count). The van der Waals surface area contributed by atoms with E-state index in [1.54, 1.807) is 18.1 Å². The van der Waals surface area contributed by atoms with Crippen molar-refractivity contribution in [2.75, 3.05) is 26.2 Å². The fraction of sp³-hybridized carbons (Fsp3) is 0.632. The van der Waals surface area contributed by atoms with Gasteiger partial charge in [-0.3, -0.25) is 14.3 Å². The van der Waals surface area contributed by atoms with Crippen LogP contribution < -0.4 is 0 Å². The van der Waals surface area contributed by atoms with Crippen molar-refractivity contribution in [2.24, 2.45) is 25.4 Å². The van der Waals surface area contributed by atoms with E-state index in [4.69, 9.17) is 0 Å². The zero-order valence-electron chi connectivity index (χ0n) is 17.1. The summed E-state index contributed by atoms with van der Waals surface area (Å²) in [6.07, 6.45) is 1.69. The molecule has 2 aromatic heterocycles. The van der Waals surface area contributed by atoms with E-state index in [0.29, 0.717) is 31.9 Å². The number of carbonyl (C=O) groups is 2. The molecule has 4 heterocycles. The van der Waals surface area contributed by atoms with Gasteiger partial charge in [-0.15, -0.1) is 10.2 Å². The van der Waals surface area contributed by atoms with E-state index < -0.39 is 0 Å². The lowest BCUT2D eigenvalue weighted by atomic mass is 9.71. The maximum absolute atomic E-state index is 12.9. The second-order valence-corrected chi connectivity index (χ2v) is 8.54. The van der Waals surface area contributed by atoms with Gasteiger partial charge in [0.05, 0.1) is 5.69 Å². The molecule has 9 heteroatoms. The number of carbonyl (C=O) groups excluding carboxylic acids is 2. The normalized spacial score (nSPS) is 20.9. The minimum Gasteiger partial charge on any atom is -0.341 e. The molecule has 2 aliphatic rings. The van der Waals surface area contributed by atoms with Gasteiger partial charge in [0.25, 0.3) is 5.91 Å². The highest BCUT2D eigenvalue weighted by molar-refractivity contribution is 5.93. The molecule has 1 unspecified atom stereocenters. The van der Waals surface area contributed by atoms with Gasteiger partial charge in [-0.05, 0) is 13.0 Å². The largest absolute Gasteiger partial charge is 0.341 e. The average molecular weight is 385 g/mol. The third-order valence-electron chi connectivity index (χ3n) is 6.03. The van der Waals surface area contributed by atoms with Gasteiger partial charge in [0, 0.05) is 57.5 Å². The van der Waals surface area contributed by atoms with Gasteiger partial charge in [-0.25, -0.2) is 0 Å². The van der Waals surface area contributed by atoms with Crippen molar-refractivity contribution < 1.29 is 9.59 Å². The zero-order chi connectivity index (χ0) is 20.2. The van der Waals surface area contributed by atoms with Crippen LogP contribution in [-0.2, 0) is 18.9 Å². The van der Waals surface area contributed by atoms with E-state index in [9.17, 15) is 9.59 Å². The third kappa shape index (κ3) is 2.80. The van der Waals surface area contributed by atoms with Crippen LogP contribution in [0, 0.1) is 18.3 Å². The molecular weight excluding hydrogens is 358 g/mol. The molecule has 150 valence electrons. The Kier molecular flexibility index (Phi) is 4.28. The van der Waals surface area contributed by atoms with Crippen molar-refractivity contribution in [3.63, 3.8) is 0 Å². The standard InChI is InChI=1S/C19H27N7O2/c1-12(2)17(27)25-7-14(16-21-20-11-23(16)4)19(8-25)9-26(10-19)18(28)15-6-13(3)22-24(15)5/h6,11-12,14H,7-10H2,1-5H3. The van der Waals surface area contributed by atoms with Crippen molar-refractivity contribution in [3.05, 3.63) is 29.6 Å². The first kappa shape index (κ1) is 18.6. The molecule has 28 heavy (non-hydrogen) atoms. The van der Waals surface area contributed by atoms with Crippen LogP contribution in [0.5, 0.6) is 0 Å². The molecule has 0 aromatic carbocycles. The highest BCUT2D eigenvalue weighted by atomic mass is 16.2. The van der Waals surface area contributed by atoms with E-state index in [0.717, 1.165) is 11.5 Å². The summed E-state index contributed by atoms with van der Waals surface area (Å²) in [7, 11) is 3.72. The molecule has 2 amide bonds. The van der Waals surface area contributed by atoms with Gasteiger partial charge in [0.1, 0.15) is 17.8 Å². The number of aromatic nitrogens is 5. The van der Waals surface area contributed by atoms with Crippen LogP contribution in [-0.4, -0.2) is 72.3 Å². The molecular formula is C19H27N7O2. The summed E-state index contributed by atoms with van der Waals surface area (Å²) in [6.45, 7) is 8.21. The van der Waals surface area contributed by atoms with E-state index in [1.807, 2.05) is 48.3 Å². The number of likely N-dealkylation sites (tertiary alicyclic amines) is 2. The van der Waals surface area contributed by atoms with E-state index in [1.165, 1.54) is 0 Å². The predicted octanol–water partition coefficient (Wildman–Crippen LogP) is 0.581. The molecule has 0 radical (unpaired) electrons. The van der Waals surface area contributed by atoms with Crippen LogP contribution in [0.1, 0.15) is 41.8 Å². The lowest BCUT2D eigenvalue weighted by molar-refractivity contribution is -0.134. The molecule has 0 aliphatic carbocycles. The number of amides is 2. The summed E-state index contributed by atoms with van der Waals surface area (Å²) in [6, 6.07) is 1.82. The van der Waals surface area contributed by atoms with Crippen molar-refractivity contribution in [1.82, 2.24) is 34.3 Å². The second-order valence-electron chi connectivity index (χ2n) is 8.54. The maximum Gasteiger partial charge on any atom is 0.272 e. The number of rotatable bonds is 3. The van der Waals surface area contributed by atoms with Gasteiger partial charge in [0.2, 0.25) is 5.91 Å². The smallest absolute Gasteiger partial charge is 0.272 e. The topological polar surface area (TPSA) is 89.2 Å². The Morgan fingerprint density at radius 2 is 1.86 bits per heavy atom. The molecule has 9 nitrogen and oxygen atoms in total. The Bertz CT molecular complexity index is 923. The van der Waals surface area contributed by atoms with Crippen molar-refractivity contribution in [3.8, 4) is 0 Å². The molecule has 1 spiro atoms. The molecule has 0 N–H and O–H groups in total. The minimum atomic E-state index is -0.172. The Balaban J connectivity index is 1.58. The fourth-order valence-electron chi connectivity index (χ4n) is 4.62. The van der Waals surface area contributed by atoms with Gasteiger partial charge in [0.15, 0.2) is 0 Å². The van der Waals surface area contributed by atoms with Gasteiger partial charge in [-0.2, -0.15) is 5.10 Å². The summed E-state index contributed by atoms with van der Waals surface area (Å²) >= 11 is 0. The molecule has 0 bridgehead atoms. The molecule has 2 aliphatic heterocycles. The summed E-state index contributed by atoms with van der Waals surface area (Å²) in [5.74, 6) is 1.03. The number of nitrogens with zero attached hydrogens (tertiary/aromatic N) is 7. The lowest BCUT2D eigenvalue weighted by Gasteiger charge is -2.50. The fourth-order valence-corrected chi connectivity index (χ4v) is 4.62.